The molecule has 2 N–H and O–H groups in total. The van der Waals surface area contributed by atoms with Gasteiger partial charge in [-0.3, -0.25) is 0 Å². The Bertz CT molecular complexity index is 1440. The van der Waals surface area contributed by atoms with Gasteiger partial charge in [-0.1, -0.05) is 57.2 Å². The Morgan fingerprint density at radius 3 is 1.79 bits per heavy atom. The number of aliphatic hydroxyl groups excluding tert-OH is 2. The molecule has 6 nitrogen and oxygen atoms in total. The molecule has 286 valence electrons. The van der Waals surface area contributed by atoms with Crippen LogP contribution in [0.3, 0.4) is 0 Å². The number of esters is 2. The lowest BCUT2D eigenvalue weighted by Gasteiger charge is -2.38. The molecule has 2 aromatic carbocycles. The van der Waals surface area contributed by atoms with Crippen molar-refractivity contribution >= 4 is 11.9 Å². The fourth-order valence-corrected chi connectivity index (χ4v) is 8.34. The molecule has 0 spiro atoms. The predicted molar refractivity (Wildman–Crippen MR) is 201 cm³/mol. The van der Waals surface area contributed by atoms with Gasteiger partial charge in [0.15, 0.2) is 0 Å². The molecule has 2 fully saturated rings. The van der Waals surface area contributed by atoms with E-state index in [9.17, 15) is 14.0 Å². The van der Waals surface area contributed by atoms with Crippen LogP contribution in [0.5, 0.6) is 0 Å². The first-order chi connectivity index (χ1) is 25.1. The van der Waals surface area contributed by atoms with E-state index < -0.39 is 25.2 Å². The third-order valence-corrected chi connectivity index (χ3v) is 11.6. The fraction of sp³-hybridized carbons (Fsp3) is 0.591. The van der Waals surface area contributed by atoms with Crippen LogP contribution in [-0.2, 0) is 25.5 Å². The summed E-state index contributed by atoms with van der Waals surface area (Å²) in [4.78, 5) is 23.8. The van der Waals surface area contributed by atoms with Gasteiger partial charge in [0, 0.05) is 0 Å². The highest BCUT2D eigenvalue weighted by Crippen LogP contribution is 2.46. The minimum absolute atomic E-state index is 0.00545. The fourth-order valence-electron chi connectivity index (χ4n) is 8.34. The largest absolute Gasteiger partial charge is 0.462 e. The monoisotopic (exact) mass is 722 g/mol. The third kappa shape index (κ3) is 12.1. The van der Waals surface area contributed by atoms with E-state index in [1.165, 1.54) is 12.8 Å². The number of halogens is 2. The summed E-state index contributed by atoms with van der Waals surface area (Å²) in [6, 6.07) is 11.6. The Labute approximate surface area is 309 Å². The van der Waals surface area contributed by atoms with E-state index in [1.54, 1.807) is 12.1 Å². The van der Waals surface area contributed by atoms with Gasteiger partial charge in [0.1, 0.15) is 11.6 Å². The molecular weight excluding hydrogens is 662 g/mol. The maximum atomic E-state index is 15.8. The number of aryl methyl sites for hydroxylation is 1. The number of hydrogen-bond donors (Lipinski definition) is 2. The summed E-state index contributed by atoms with van der Waals surface area (Å²) in [7, 11) is 0. The quantitative estimate of drug-likeness (QED) is 0.0803. The van der Waals surface area contributed by atoms with E-state index in [0.717, 1.165) is 86.5 Å². The van der Waals surface area contributed by atoms with Gasteiger partial charge in [-0.15, -0.1) is 0 Å². The molecule has 2 aliphatic rings. The van der Waals surface area contributed by atoms with Crippen molar-refractivity contribution in [2.45, 2.75) is 127 Å². The molecule has 8 heteroatoms. The third-order valence-electron chi connectivity index (χ3n) is 11.6. The van der Waals surface area contributed by atoms with Gasteiger partial charge in [-0.25, -0.2) is 18.4 Å². The molecule has 0 aliphatic heterocycles. The molecule has 0 radical (unpaired) electrons. The maximum absolute atomic E-state index is 15.8. The van der Waals surface area contributed by atoms with Gasteiger partial charge >= 0.3 is 11.9 Å². The molecule has 0 saturated heterocycles. The molecule has 0 aromatic heterocycles. The van der Waals surface area contributed by atoms with Crippen molar-refractivity contribution in [1.82, 2.24) is 0 Å². The summed E-state index contributed by atoms with van der Waals surface area (Å²) in [5.41, 5.74) is 3.62. The molecule has 2 saturated carbocycles. The van der Waals surface area contributed by atoms with Gasteiger partial charge in [-0.2, -0.15) is 0 Å². The van der Waals surface area contributed by atoms with Gasteiger partial charge in [-0.05, 0) is 154 Å². The summed E-state index contributed by atoms with van der Waals surface area (Å²) in [5.74, 6) is 0.424. The van der Waals surface area contributed by atoms with Crippen LogP contribution in [0.4, 0.5) is 8.78 Å². The maximum Gasteiger partial charge on any atom is 0.335 e. The molecule has 2 aliphatic carbocycles. The van der Waals surface area contributed by atoms with Gasteiger partial charge < -0.3 is 19.7 Å². The van der Waals surface area contributed by atoms with Crippen LogP contribution in [0.1, 0.15) is 143 Å². The van der Waals surface area contributed by atoms with E-state index in [1.807, 2.05) is 18.2 Å². The summed E-state index contributed by atoms with van der Waals surface area (Å²) in [6.45, 7) is 8.51. The van der Waals surface area contributed by atoms with Crippen LogP contribution in [-0.4, -0.2) is 48.6 Å². The van der Waals surface area contributed by atoms with E-state index in [2.05, 4.69) is 26.1 Å². The summed E-state index contributed by atoms with van der Waals surface area (Å²) >= 11 is 0. The number of hydrogen-bond acceptors (Lipinski definition) is 6. The first kappa shape index (κ1) is 41.4. The smallest absolute Gasteiger partial charge is 0.335 e. The van der Waals surface area contributed by atoms with Crippen molar-refractivity contribution in [1.29, 1.82) is 0 Å². The molecule has 52 heavy (non-hydrogen) atoms. The number of rotatable bonds is 20. The van der Waals surface area contributed by atoms with Crippen molar-refractivity contribution in [2.24, 2.45) is 11.8 Å². The van der Waals surface area contributed by atoms with Crippen LogP contribution < -0.4 is 0 Å². The van der Waals surface area contributed by atoms with Crippen molar-refractivity contribution in [3.63, 3.8) is 0 Å². The second-order valence-corrected chi connectivity index (χ2v) is 15.1. The summed E-state index contributed by atoms with van der Waals surface area (Å²) in [6.07, 6.45) is 15.2. The molecule has 0 atom stereocenters. The Kier molecular flexibility index (Phi) is 17.0. The lowest BCUT2D eigenvalue weighted by Crippen LogP contribution is -2.25. The van der Waals surface area contributed by atoms with Gasteiger partial charge in [0.2, 0.25) is 0 Å². The number of carbonyl (C=O) groups excluding carboxylic acids is 2. The van der Waals surface area contributed by atoms with E-state index in [4.69, 9.17) is 19.7 Å². The highest BCUT2D eigenvalue weighted by molar-refractivity contribution is 5.88. The normalized spacial score (nSPS) is 20.4. The van der Waals surface area contributed by atoms with Crippen LogP contribution in [0.25, 0.3) is 0 Å². The van der Waals surface area contributed by atoms with Crippen LogP contribution >= 0.6 is 0 Å². The first-order valence-corrected chi connectivity index (χ1v) is 19.6. The van der Waals surface area contributed by atoms with Crippen LogP contribution in [0.2, 0.25) is 0 Å². The SMILES string of the molecule is C=C(CO)C(=O)OCCCC(CCCOC(=O)C(=C)CO)c1ccc(C2CCC(C3CCC(c4ccc(CCCCC)c(F)c4)CC3)CC2)c(F)c1. The van der Waals surface area contributed by atoms with E-state index >= 15 is 4.39 Å². The van der Waals surface area contributed by atoms with Crippen LogP contribution in [0.15, 0.2) is 60.7 Å². The second kappa shape index (κ2) is 21.4. The van der Waals surface area contributed by atoms with Crippen molar-refractivity contribution < 1.29 is 38.1 Å². The van der Waals surface area contributed by atoms with Gasteiger partial charge in [0.05, 0.1) is 37.6 Å². The molecule has 0 heterocycles. The Morgan fingerprint density at radius 2 is 1.29 bits per heavy atom. The lowest BCUT2D eigenvalue weighted by molar-refractivity contribution is -0.140. The topological polar surface area (TPSA) is 93.1 Å². The average Bonchev–Trinajstić information content (AvgIpc) is 3.17. The molecular formula is C44H60F2O6. The van der Waals surface area contributed by atoms with Gasteiger partial charge in [0.25, 0.3) is 0 Å². The van der Waals surface area contributed by atoms with Crippen LogP contribution in [0, 0.1) is 23.5 Å². The molecule has 4 rings (SSSR count). The zero-order chi connectivity index (χ0) is 37.5. The Balaban J connectivity index is 1.28. The van der Waals surface area contributed by atoms with Crippen molar-refractivity contribution in [3.05, 3.63) is 94.6 Å². The highest BCUT2D eigenvalue weighted by atomic mass is 19.1. The minimum atomic E-state index is -0.636. The predicted octanol–water partition coefficient (Wildman–Crippen LogP) is 9.77. The molecule has 0 bridgehead atoms. The zero-order valence-electron chi connectivity index (χ0n) is 31.2. The van der Waals surface area contributed by atoms with E-state index in [-0.39, 0.29) is 47.8 Å². The molecule has 0 amide bonds. The minimum Gasteiger partial charge on any atom is -0.462 e. The van der Waals surface area contributed by atoms with E-state index in [0.29, 0.717) is 43.4 Å². The number of ether oxygens (including phenoxy) is 2. The lowest BCUT2D eigenvalue weighted by atomic mass is 9.67. The number of aliphatic hydroxyl groups is 2. The zero-order valence-corrected chi connectivity index (χ0v) is 31.2. The summed E-state index contributed by atoms with van der Waals surface area (Å²) in [5, 5.41) is 18.2. The molecule has 0 unspecified atom stereocenters. The highest BCUT2D eigenvalue weighted by Gasteiger charge is 2.33. The molecule has 2 aromatic rings. The van der Waals surface area contributed by atoms with Crippen molar-refractivity contribution in [2.75, 3.05) is 26.4 Å². The number of carbonyl (C=O) groups is 2. The standard InChI is InChI=1S/C44H60F2O6/c1-4-5-6-9-37-20-21-38(26-41(37)45)35-14-12-33(13-15-35)34-16-18-36(19-17-34)40-23-22-39(27-42(40)46)32(10-7-24-51-43(49)30(2)28-47)11-8-25-52-44(50)31(3)29-48/h20-23,26-27,32-36,47-48H,2-19,24-25,28-29H2,1H3. The Morgan fingerprint density at radius 1 is 0.731 bits per heavy atom. The Hall–Kier alpha value is -3.36. The number of unbranched alkanes of at least 4 members (excludes halogenated alkanes) is 2. The average molecular weight is 723 g/mol. The summed E-state index contributed by atoms with van der Waals surface area (Å²) < 4.78 is 41.0. The van der Waals surface area contributed by atoms with Crippen molar-refractivity contribution in [3.8, 4) is 0 Å². The number of benzene rings is 2. The first-order valence-electron chi connectivity index (χ1n) is 19.6. The second-order valence-electron chi connectivity index (χ2n) is 15.1.